The number of aryl methyl sites for hydroxylation is 1. The standard InChI is InChI=1S/C24H29FN4O3/c1-15-18-11-12-20(30)29(14-16-7-9-17(25)10-8-16)22(18)27-21(26-15)19-6-5-13-28(19)23(31)24(2,3)32-4/h7-10,19H,5-6,11-14H2,1-4H3/t19-/m0/s1. The minimum Gasteiger partial charge on any atom is -0.369 e. The Morgan fingerprint density at radius 1 is 1.22 bits per heavy atom. The molecular formula is C24H29FN4O3. The average molecular weight is 441 g/mol. The Kier molecular flexibility index (Phi) is 5.99. The topological polar surface area (TPSA) is 75.6 Å². The monoisotopic (exact) mass is 440 g/mol. The van der Waals surface area contributed by atoms with Gasteiger partial charge in [0, 0.05) is 31.3 Å². The number of carbonyl (C=O) groups is 2. The molecule has 3 heterocycles. The first kappa shape index (κ1) is 22.3. The third-order valence-electron chi connectivity index (χ3n) is 6.45. The number of aromatic nitrogens is 2. The number of amides is 2. The van der Waals surface area contributed by atoms with Crippen LogP contribution >= 0.6 is 0 Å². The number of likely N-dealkylation sites (tertiary alicyclic amines) is 1. The van der Waals surface area contributed by atoms with Crippen LogP contribution in [-0.2, 0) is 27.3 Å². The minimum absolute atomic E-state index is 0.0225. The van der Waals surface area contributed by atoms with E-state index < -0.39 is 5.60 Å². The molecule has 32 heavy (non-hydrogen) atoms. The van der Waals surface area contributed by atoms with Crippen LogP contribution in [0.2, 0.25) is 0 Å². The van der Waals surface area contributed by atoms with Crippen molar-refractivity contribution in [3.63, 3.8) is 0 Å². The van der Waals surface area contributed by atoms with Crippen molar-refractivity contribution >= 4 is 17.6 Å². The van der Waals surface area contributed by atoms with Gasteiger partial charge < -0.3 is 9.64 Å². The summed E-state index contributed by atoms with van der Waals surface area (Å²) in [5.41, 5.74) is 1.66. The molecule has 2 aromatic rings. The van der Waals surface area contributed by atoms with Crippen molar-refractivity contribution in [2.75, 3.05) is 18.6 Å². The van der Waals surface area contributed by atoms with Crippen molar-refractivity contribution in [3.8, 4) is 0 Å². The third-order valence-corrected chi connectivity index (χ3v) is 6.45. The number of nitrogens with zero attached hydrogens (tertiary/aromatic N) is 4. The van der Waals surface area contributed by atoms with Gasteiger partial charge in [-0.3, -0.25) is 14.5 Å². The van der Waals surface area contributed by atoms with E-state index in [4.69, 9.17) is 14.7 Å². The lowest BCUT2D eigenvalue weighted by molar-refractivity contribution is -0.152. The van der Waals surface area contributed by atoms with E-state index in [2.05, 4.69) is 0 Å². The predicted octanol–water partition coefficient (Wildman–Crippen LogP) is 3.49. The van der Waals surface area contributed by atoms with Crippen LogP contribution in [0.4, 0.5) is 10.2 Å². The molecule has 0 saturated carbocycles. The number of anilines is 1. The molecule has 1 aromatic heterocycles. The number of hydrogen-bond acceptors (Lipinski definition) is 5. The van der Waals surface area contributed by atoms with Gasteiger partial charge in [0.15, 0.2) is 5.82 Å². The Balaban J connectivity index is 1.70. The van der Waals surface area contributed by atoms with Gasteiger partial charge in [-0.15, -0.1) is 0 Å². The molecule has 4 rings (SSSR count). The number of ether oxygens (including phenoxy) is 1. The summed E-state index contributed by atoms with van der Waals surface area (Å²) in [6.07, 6.45) is 2.58. The third kappa shape index (κ3) is 4.11. The molecule has 1 saturated heterocycles. The molecular weight excluding hydrogens is 411 g/mol. The van der Waals surface area contributed by atoms with Crippen molar-refractivity contribution in [1.82, 2.24) is 14.9 Å². The number of carbonyl (C=O) groups excluding carboxylic acids is 2. The van der Waals surface area contributed by atoms with Crippen LogP contribution in [-0.4, -0.2) is 45.9 Å². The van der Waals surface area contributed by atoms with Gasteiger partial charge in [0.25, 0.3) is 5.91 Å². The summed E-state index contributed by atoms with van der Waals surface area (Å²) in [6, 6.07) is 5.87. The van der Waals surface area contributed by atoms with E-state index in [1.807, 2.05) is 6.92 Å². The molecule has 170 valence electrons. The van der Waals surface area contributed by atoms with Gasteiger partial charge in [0.1, 0.15) is 17.2 Å². The van der Waals surface area contributed by atoms with Gasteiger partial charge in [0.2, 0.25) is 5.91 Å². The SMILES string of the molecule is COC(C)(C)C(=O)N1CCC[C@H]1c1nc(C)c2c(n1)N(Cc1ccc(F)cc1)C(=O)CC2. The van der Waals surface area contributed by atoms with Crippen LogP contribution in [0.15, 0.2) is 24.3 Å². The molecule has 0 N–H and O–H groups in total. The fourth-order valence-corrected chi connectivity index (χ4v) is 4.40. The second kappa shape index (κ2) is 8.58. The van der Waals surface area contributed by atoms with Gasteiger partial charge in [0.05, 0.1) is 12.6 Å². The summed E-state index contributed by atoms with van der Waals surface area (Å²) < 4.78 is 18.7. The van der Waals surface area contributed by atoms with Crippen molar-refractivity contribution in [2.45, 2.75) is 64.6 Å². The Bertz CT molecular complexity index is 1040. The van der Waals surface area contributed by atoms with Crippen LogP contribution in [0.25, 0.3) is 0 Å². The number of hydrogen-bond donors (Lipinski definition) is 0. The van der Waals surface area contributed by atoms with Crippen molar-refractivity contribution in [3.05, 3.63) is 52.7 Å². The van der Waals surface area contributed by atoms with E-state index >= 15 is 0 Å². The lowest BCUT2D eigenvalue weighted by Gasteiger charge is -2.33. The molecule has 0 bridgehead atoms. The van der Waals surface area contributed by atoms with E-state index in [-0.39, 0.29) is 23.7 Å². The number of benzene rings is 1. The van der Waals surface area contributed by atoms with Crippen LogP contribution in [0.1, 0.15) is 61.8 Å². The second-order valence-electron chi connectivity index (χ2n) is 8.95. The Labute approximate surface area is 187 Å². The van der Waals surface area contributed by atoms with Gasteiger partial charge in [-0.05, 0) is 57.7 Å². The zero-order valence-corrected chi connectivity index (χ0v) is 19.0. The van der Waals surface area contributed by atoms with Gasteiger partial charge >= 0.3 is 0 Å². The van der Waals surface area contributed by atoms with Gasteiger partial charge in [-0.1, -0.05) is 12.1 Å². The van der Waals surface area contributed by atoms with E-state index in [1.165, 1.54) is 19.2 Å². The Hall–Kier alpha value is -2.87. The molecule has 0 radical (unpaired) electrons. The summed E-state index contributed by atoms with van der Waals surface area (Å²) in [4.78, 5) is 38.9. The minimum atomic E-state index is -0.934. The summed E-state index contributed by atoms with van der Waals surface area (Å²) in [7, 11) is 1.53. The number of methoxy groups -OCH3 is 1. The summed E-state index contributed by atoms with van der Waals surface area (Å²) >= 11 is 0. The van der Waals surface area contributed by atoms with Gasteiger partial charge in [-0.25, -0.2) is 14.4 Å². The van der Waals surface area contributed by atoms with E-state index in [0.717, 1.165) is 29.7 Å². The molecule has 2 aliphatic heterocycles. The number of rotatable bonds is 5. The van der Waals surface area contributed by atoms with E-state index in [0.29, 0.717) is 37.6 Å². The molecule has 0 spiro atoms. The molecule has 2 aliphatic rings. The largest absolute Gasteiger partial charge is 0.369 e. The summed E-state index contributed by atoms with van der Waals surface area (Å²) in [5, 5.41) is 0. The maximum absolute atomic E-state index is 13.3. The lowest BCUT2D eigenvalue weighted by Crippen LogP contribution is -2.46. The average Bonchev–Trinajstić information content (AvgIpc) is 3.26. The highest BCUT2D eigenvalue weighted by molar-refractivity contribution is 5.95. The maximum atomic E-state index is 13.3. The highest BCUT2D eigenvalue weighted by Crippen LogP contribution is 2.36. The molecule has 0 unspecified atom stereocenters. The first-order valence-electron chi connectivity index (χ1n) is 11.0. The first-order valence-corrected chi connectivity index (χ1v) is 11.0. The molecule has 7 nitrogen and oxygen atoms in total. The van der Waals surface area contributed by atoms with Crippen LogP contribution < -0.4 is 4.90 Å². The normalized spacial score (nSPS) is 18.8. The van der Waals surface area contributed by atoms with E-state index in [1.54, 1.807) is 35.8 Å². The lowest BCUT2D eigenvalue weighted by atomic mass is 10.0. The molecule has 1 fully saturated rings. The zero-order chi connectivity index (χ0) is 23.0. The number of halogens is 1. The zero-order valence-electron chi connectivity index (χ0n) is 19.0. The van der Waals surface area contributed by atoms with Crippen LogP contribution in [0.5, 0.6) is 0 Å². The predicted molar refractivity (Wildman–Crippen MR) is 117 cm³/mol. The van der Waals surface area contributed by atoms with Crippen molar-refractivity contribution in [2.24, 2.45) is 0 Å². The van der Waals surface area contributed by atoms with Crippen LogP contribution in [0.3, 0.4) is 0 Å². The summed E-state index contributed by atoms with van der Waals surface area (Å²) in [6.45, 7) is 6.37. The smallest absolute Gasteiger partial charge is 0.254 e. The van der Waals surface area contributed by atoms with Crippen LogP contribution in [0, 0.1) is 12.7 Å². The highest BCUT2D eigenvalue weighted by Gasteiger charge is 2.40. The molecule has 1 atom stereocenters. The Morgan fingerprint density at radius 2 is 1.94 bits per heavy atom. The summed E-state index contributed by atoms with van der Waals surface area (Å²) in [5.74, 6) is 0.715. The molecule has 2 amide bonds. The van der Waals surface area contributed by atoms with Crippen molar-refractivity contribution < 1.29 is 18.7 Å². The molecule has 1 aromatic carbocycles. The first-order chi connectivity index (χ1) is 15.2. The highest BCUT2D eigenvalue weighted by atomic mass is 19.1. The molecule has 8 heteroatoms. The fraction of sp³-hybridized carbons (Fsp3) is 0.500. The quantitative estimate of drug-likeness (QED) is 0.712. The molecule has 0 aliphatic carbocycles. The maximum Gasteiger partial charge on any atom is 0.254 e. The van der Waals surface area contributed by atoms with E-state index in [9.17, 15) is 14.0 Å². The van der Waals surface area contributed by atoms with Gasteiger partial charge in [-0.2, -0.15) is 0 Å². The Morgan fingerprint density at radius 3 is 2.62 bits per heavy atom. The fourth-order valence-electron chi connectivity index (χ4n) is 4.40. The second-order valence-corrected chi connectivity index (χ2v) is 8.95. The van der Waals surface area contributed by atoms with Crippen molar-refractivity contribution in [1.29, 1.82) is 0 Å². The number of fused-ring (bicyclic) bond motifs is 1.